The number of amides is 1. The standard InChI is InChI=1S/C18H21N7O.C10H13N5.C8H10N2O2/c1-12(2)13-9-21-15(22-10-13)18(26)23-14-3-6-25(11-14)17-16-19-4-7-24(16)8-5-20-17;11-8-1-4-15(7-8)10-9-12-2-5-14(9)6-3-13-10;1-5(2)6-3-9-7(8(11)12)10-4-6/h4-5,7-10,12,14H,3,6,11H2,1-2H3,(H,23,26);2-3,5-6,8H,1,4,7,11H2;3-5H,1-2H3,(H,11,12)/t14-;8-;/m00./s1. The molecule has 0 aliphatic carbocycles. The number of fused-ring (bicyclic) bond motifs is 2. The Morgan fingerprint density at radius 2 is 1.13 bits per heavy atom. The molecule has 53 heavy (non-hydrogen) atoms. The first-order valence-electron chi connectivity index (χ1n) is 17.6. The van der Waals surface area contributed by atoms with Crippen LogP contribution in [0.15, 0.2) is 74.4 Å². The molecule has 6 aromatic heterocycles. The van der Waals surface area contributed by atoms with Gasteiger partial charge in [-0.2, -0.15) is 0 Å². The molecule has 2 atom stereocenters. The molecule has 0 bridgehead atoms. The predicted molar refractivity (Wildman–Crippen MR) is 198 cm³/mol. The third-order valence-electron chi connectivity index (χ3n) is 9.00. The number of nitrogens with two attached hydrogens (primary N) is 1. The molecule has 2 fully saturated rings. The summed E-state index contributed by atoms with van der Waals surface area (Å²) in [5.74, 6) is 1.17. The van der Waals surface area contributed by atoms with Crippen molar-refractivity contribution in [3.05, 3.63) is 97.1 Å². The lowest BCUT2D eigenvalue weighted by molar-refractivity contribution is 0.0683. The minimum atomic E-state index is -1.09. The molecule has 0 aromatic carbocycles. The molecule has 4 N–H and O–H groups in total. The van der Waals surface area contributed by atoms with E-state index in [1.807, 2.05) is 47.4 Å². The maximum Gasteiger partial charge on any atom is 0.373 e. The summed E-state index contributed by atoms with van der Waals surface area (Å²) in [4.78, 5) is 60.4. The molecule has 0 unspecified atom stereocenters. The van der Waals surface area contributed by atoms with Crippen LogP contribution in [0.1, 0.15) is 84.7 Å². The number of hydrogen-bond donors (Lipinski definition) is 3. The highest BCUT2D eigenvalue weighted by Crippen LogP contribution is 2.23. The van der Waals surface area contributed by atoms with Gasteiger partial charge in [-0.05, 0) is 35.8 Å². The van der Waals surface area contributed by atoms with Gasteiger partial charge < -0.3 is 34.8 Å². The lowest BCUT2D eigenvalue weighted by atomic mass is 10.1. The summed E-state index contributed by atoms with van der Waals surface area (Å²) in [6.07, 6.45) is 23.1. The van der Waals surface area contributed by atoms with Crippen molar-refractivity contribution < 1.29 is 14.7 Å². The molecule has 0 spiro atoms. The number of carboxylic acid groups (broad SMARTS) is 1. The lowest BCUT2D eigenvalue weighted by Crippen LogP contribution is -2.38. The molecule has 0 saturated carbocycles. The smallest absolute Gasteiger partial charge is 0.373 e. The molecule has 0 radical (unpaired) electrons. The number of carbonyl (C=O) groups is 2. The second-order valence-electron chi connectivity index (χ2n) is 13.5. The third-order valence-corrected chi connectivity index (χ3v) is 9.00. The molecule has 2 saturated heterocycles. The predicted octanol–water partition coefficient (Wildman–Crippen LogP) is 3.22. The van der Waals surface area contributed by atoms with Crippen molar-refractivity contribution >= 4 is 34.8 Å². The van der Waals surface area contributed by atoms with Crippen LogP contribution in [0.2, 0.25) is 0 Å². The van der Waals surface area contributed by atoms with Crippen LogP contribution >= 0.6 is 0 Å². The van der Waals surface area contributed by atoms with Gasteiger partial charge in [-0.3, -0.25) is 4.79 Å². The molecule has 8 rings (SSSR count). The van der Waals surface area contributed by atoms with Gasteiger partial charge in [0, 0.05) is 113 Å². The van der Waals surface area contributed by atoms with Crippen LogP contribution in [0, 0.1) is 0 Å². The fraction of sp³-hybridized carbons (Fsp3) is 0.389. The van der Waals surface area contributed by atoms with Crippen molar-refractivity contribution in [2.45, 2.75) is 64.5 Å². The fourth-order valence-corrected chi connectivity index (χ4v) is 5.93. The average Bonchev–Trinajstić information content (AvgIpc) is 4.00. The van der Waals surface area contributed by atoms with Gasteiger partial charge in [0.15, 0.2) is 22.9 Å². The Morgan fingerprint density at radius 3 is 1.58 bits per heavy atom. The largest absolute Gasteiger partial charge is 0.475 e. The van der Waals surface area contributed by atoms with Crippen molar-refractivity contribution in [1.29, 1.82) is 0 Å². The molecular formula is C36H44N14O3. The highest BCUT2D eigenvalue weighted by molar-refractivity contribution is 5.90. The molecule has 2 aliphatic heterocycles. The summed E-state index contributed by atoms with van der Waals surface area (Å²) in [7, 11) is 0. The van der Waals surface area contributed by atoms with Crippen molar-refractivity contribution in [3.8, 4) is 0 Å². The number of anilines is 2. The third kappa shape index (κ3) is 8.86. The molecule has 8 heterocycles. The average molecular weight is 721 g/mol. The SMILES string of the molecule is CC(C)c1cnc(C(=O)N[C@H]2CCN(c3nccn4ccnc34)C2)nc1.CC(C)c1cnc(C(=O)O)nc1.N[C@H]1CCN(c2nccn3ccnc23)C1. The second-order valence-corrected chi connectivity index (χ2v) is 13.5. The van der Waals surface area contributed by atoms with E-state index in [-0.39, 0.29) is 29.6 Å². The van der Waals surface area contributed by atoms with Gasteiger partial charge in [0.2, 0.25) is 11.6 Å². The maximum atomic E-state index is 12.4. The molecule has 17 nitrogen and oxygen atoms in total. The van der Waals surface area contributed by atoms with E-state index in [4.69, 9.17) is 10.8 Å². The van der Waals surface area contributed by atoms with Crippen molar-refractivity contribution in [1.82, 2.24) is 54.0 Å². The number of nitrogens with zero attached hydrogens (tertiary/aromatic N) is 12. The van der Waals surface area contributed by atoms with E-state index >= 15 is 0 Å². The molecule has 6 aromatic rings. The summed E-state index contributed by atoms with van der Waals surface area (Å²) < 4.78 is 3.92. The zero-order valence-corrected chi connectivity index (χ0v) is 30.2. The first-order chi connectivity index (χ1) is 25.6. The van der Waals surface area contributed by atoms with Gasteiger partial charge in [-0.15, -0.1) is 0 Å². The van der Waals surface area contributed by atoms with E-state index < -0.39 is 5.97 Å². The molecular weight excluding hydrogens is 676 g/mol. The van der Waals surface area contributed by atoms with Crippen LogP contribution in [0.25, 0.3) is 11.3 Å². The van der Waals surface area contributed by atoms with Crippen LogP contribution in [0.3, 0.4) is 0 Å². The van der Waals surface area contributed by atoms with E-state index in [1.54, 1.807) is 49.6 Å². The summed E-state index contributed by atoms with van der Waals surface area (Å²) in [5.41, 5.74) is 9.59. The molecule has 2 aliphatic rings. The Bertz CT molecular complexity index is 2130. The Hall–Kier alpha value is -6.10. The summed E-state index contributed by atoms with van der Waals surface area (Å²) in [5, 5.41) is 11.5. The number of hydrogen-bond acceptors (Lipinski definition) is 13. The number of aromatic carboxylic acids is 1. The van der Waals surface area contributed by atoms with Crippen LogP contribution < -0.4 is 20.9 Å². The van der Waals surface area contributed by atoms with Crippen LogP contribution in [-0.2, 0) is 0 Å². The number of imidazole rings is 2. The summed E-state index contributed by atoms with van der Waals surface area (Å²) in [6.45, 7) is 11.5. The van der Waals surface area contributed by atoms with E-state index in [9.17, 15) is 9.59 Å². The number of carboxylic acids is 1. The van der Waals surface area contributed by atoms with Gasteiger partial charge in [0.1, 0.15) is 0 Å². The van der Waals surface area contributed by atoms with Crippen LogP contribution in [0.4, 0.5) is 11.6 Å². The zero-order valence-electron chi connectivity index (χ0n) is 30.2. The number of carbonyl (C=O) groups excluding carboxylic acids is 1. The maximum absolute atomic E-state index is 12.4. The quantitative estimate of drug-likeness (QED) is 0.216. The lowest BCUT2D eigenvalue weighted by Gasteiger charge is -2.18. The van der Waals surface area contributed by atoms with E-state index in [1.165, 1.54) is 0 Å². The number of aromatic nitrogens is 10. The minimum absolute atomic E-state index is 0.0351. The van der Waals surface area contributed by atoms with Gasteiger partial charge in [0.25, 0.3) is 5.91 Å². The number of nitrogens with one attached hydrogen (secondary N) is 1. The van der Waals surface area contributed by atoms with E-state index in [2.05, 4.69) is 68.8 Å². The van der Waals surface area contributed by atoms with Gasteiger partial charge in [-0.25, -0.2) is 44.7 Å². The fourth-order valence-electron chi connectivity index (χ4n) is 5.93. The minimum Gasteiger partial charge on any atom is -0.475 e. The van der Waals surface area contributed by atoms with Crippen molar-refractivity contribution in [3.63, 3.8) is 0 Å². The first kappa shape index (κ1) is 36.7. The van der Waals surface area contributed by atoms with Gasteiger partial charge >= 0.3 is 5.97 Å². The van der Waals surface area contributed by atoms with E-state index in [0.29, 0.717) is 18.4 Å². The molecule has 1 amide bonds. The van der Waals surface area contributed by atoms with Crippen molar-refractivity contribution in [2.24, 2.45) is 5.73 Å². The topological polar surface area (TPSA) is 211 Å². The van der Waals surface area contributed by atoms with Crippen LogP contribution in [-0.4, -0.2) is 104 Å². The van der Waals surface area contributed by atoms with E-state index in [0.717, 1.165) is 66.5 Å². The Balaban J connectivity index is 0.000000150. The van der Waals surface area contributed by atoms with Crippen LogP contribution in [0.5, 0.6) is 0 Å². The van der Waals surface area contributed by atoms with Crippen molar-refractivity contribution in [2.75, 3.05) is 36.0 Å². The van der Waals surface area contributed by atoms with Gasteiger partial charge in [-0.1, -0.05) is 27.7 Å². The Labute approximate surface area is 306 Å². The first-order valence-corrected chi connectivity index (χ1v) is 17.6. The summed E-state index contributed by atoms with van der Waals surface area (Å²) >= 11 is 0. The highest BCUT2D eigenvalue weighted by atomic mass is 16.4. The monoisotopic (exact) mass is 720 g/mol. The summed E-state index contributed by atoms with van der Waals surface area (Å²) in [6, 6.07) is 0.301. The zero-order chi connectivity index (χ0) is 37.5. The Morgan fingerprint density at radius 1 is 0.679 bits per heavy atom. The molecule has 276 valence electrons. The Kier molecular flexibility index (Phi) is 11.4. The highest BCUT2D eigenvalue weighted by Gasteiger charge is 2.27. The normalized spacial score (nSPS) is 16.8. The van der Waals surface area contributed by atoms with Gasteiger partial charge in [0.05, 0.1) is 0 Å². The second kappa shape index (κ2) is 16.5. The molecule has 17 heteroatoms. The number of rotatable bonds is 7.